The van der Waals surface area contributed by atoms with Crippen LogP contribution < -0.4 is 11.1 Å². The lowest BCUT2D eigenvalue weighted by molar-refractivity contribution is 0.577. The lowest BCUT2D eigenvalue weighted by Gasteiger charge is -2.08. The van der Waals surface area contributed by atoms with E-state index in [0.29, 0.717) is 29.7 Å². The highest BCUT2D eigenvalue weighted by Gasteiger charge is 2.17. The van der Waals surface area contributed by atoms with Gasteiger partial charge in [-0.15, -0.1) is 5.10 Å². The maximum atomic E-state index is 9.32. The van der Waals surface area contributed by atoms with Crippen LogP contribution in [0.1, 0.15) is 25.3 Å². The first-order valence-electron chi connectivity index (χ1n) is 6.98. The third-order valence-electron chi connectivity index (χ3n) is 3.20. The molecule has 22 heavy (non-hydrogen) atoms. The fourth-order valence-corrected chi connectivity index (χ4v) is 2.05. The zero-order valence-corrected chi connectivity index (χ0v) is 12.1. The molecule has 0 aliphatic heterocycles. The summed E-state index contributed by atoms with van der Waals surface area (Å²) in [5.41, 5.74) is 6.29. The number of anilines is 2. The fourth-order valence-electron chi connectivity index (χ4n) is 2.05. The Hall–Kier alpha value is -3.08. The van der Waals surface area contributed by atoms with Crippen LogP contribution in [0.2, 0.25) is 0 Å². The number of hydrogen-bond donors (Lipinski definition) is 2. The van der Waals surface area contributed by atoms with Crippen molar-refractivity contribution in [1.29, 1.82) is 5.26 Å². The minimum absolute atomic E-state index is 0.205. The van der Waals surface area contributed by atoms with Gasteiger partial charge in [0.05, 0.1) is 6.26 Å². The van der Waals surface area contributed by atoms with Crippen LogP contribution in [0.4, 0.5) is 11.6 Å². The third-order valence-corrected chi connectivity index (χ3v) is 3.20. The van der Waals surface area contributed by atoms with Crippen LogP contribution in [0, 0.1) is 11.3 Å². The first-order valence-corrected chi connectivity index (χ1v) is 6.98. The van der Waals surface area contributed by atoms with E-state index in [1.54, 1.807) is 12.1 Å². The van der Waals surface area contributed by atoms with E-state index in [4.69, 9.17) is 10.2 Å². The molecule has 0 unspecified atom stereocenters. The van der Waals surface area contributed by atoms with E-state index in [0.717, 1.165) is 12.8 Å². The second-order valence-electron chi connectivity index (χ2n) is 4.74. The van der Waals surface area contributed by atoms with Gasteiger partial charge in [-0.1, -0.05) is 13.3 Å². The largest absolute Gasteiger partial charge is 0.461 e. The highest BCUT2D eigenvalue weighted by atomic mass is 16.3. The summed E-state index contributed by atoms with van der Waals surface area (Å²) in [5.74, 6) is 1.85. The molecule has 0 fully saturated rings. The van der Waals surface area contributed by atoms with Crippen LogP contribution >= 0.6 is 0 Å². The Morgan fingerprint density at radius 2 is 2.32 bits per heavy atom. The van der Waals surface area contributed by atoms with Gasteiger partial charge in [0.1, 0.15) is 11.6 Å². The summed E-state index contributed by atoms with van der Waals surface area (Å²) in [6.45, 7) is 2.80. The summed E-state index contributed by atoms with van der Waals surface area (Å²) in [4.78, 5) is 8.64. The topological polar surface area (TPSA) is 118 Å². The molecule has 3 heterocycles. The lowest BCUT2D eigenvalue weighted by Crippen LogP contribution is -2.11. The Balaban J connectivity index is 2.08. The molecule has 0 aliphatic rings. The van der Waals surface area contributed by atoms with Gasteiger partial charge in [0, 0.05) is 6.54 Å². The van der Waals surface area contributed by atoms with Gasteiger partial charge in [-0.2, -0.15) is 19.7 Å². The van der Waals surface area contributed by atoms with E-state index >= 15 is 0 Å². The zero-order chi connectivity index (χ0) is 15.5. The summed E-state index contributed by atoms with van der Waals surface area (Å²) in [6, 6.07) is 5.56. The highest BCUT2D eigenvalue weighted by molar-refractivity contribution is 5.67. The normalized spacial score (nSPS) is 10.7. The van der Waals surface area contributed by atoms with E-state index < -0.39 is 0 Å². The van der Waals surface area contributed by atoms with Gasteiger partial charge in [-0.3, -0.25) is 0 Å². The molecule has 3 aromatic rings. The highest BCUT2D eigenvalue weighted by Crippen LogP contribution is 2.23. The minimum Gasteiger partial charge on any atom is -0.461 e. The van der Waals surface area contributed by atoms with Crippen molar-refractivity contribution in [2.75, 3.05) is 17.6 Å². The van der Waals surface area contributed by atoms with Gasteiger partial charge < -0.3 is 15.5 Å². The molecule has 0 bridgehead atoms. The molecule has 0 atom stereocenters. The summed E-state index contributed by atoms with van der Waals surface area (Å²) in [6.07, 6.45) is 3.55. The molecule has 0 amide bonds. The first-order chi connectivity index (χ1) is 10.7. The molecular weight excluding hydrogens is 282 g/mol. The number of nitrogens with one attached hydrogen (secondary N) is 1. The lowest BCUT2D eigenvalue weighted by atomic mass is 10.3. The molecule has 0 saturated carbocycles. The monoisotopic (exact) mass is 297 g/mol. The van der Waals surface area contributed by atoms with E-state index in [9.17, 15) is 5.26 Å². The Morgan fingerprint density at radius 3 is 3.00 bits per heavy atom. The van der Waals surface area contributed by atoms with Crippen LogP contribution in [0.25, 0.3) is 17.4 Å². The molecule has 0 saturated heterocycles. The quantitative estimate of drug-likeness (QED) is 0.692. The van der Waals surface area contributed by atoms with Crippen molar-refractivity contribution in [3.63, 3.8) is 0 Å². The van der Waals surface area contributed by atoms with Crippen molar-refractivity contribution < 1.29 is 4.42 Å². The molecule has 8 heteroatoms. The van der Waals surface area contributed by atoms with Gasteiger partial charge in [0.2, 0.25) is 5.82 Å². The zero-order valence-electron chi connectivity index (χ0n) is 12.1. The number of aromatic nitrogens is 4. The minimum atomic E-state index is 0.205. The molecule has 0 spiro atoms. The molecule has 0 aliphatic carbocycles. The van der Waals surface area contributed by atoms with E-state index in [2.05, 4.69) is 33.4 Å². The van der Waals surface area contributed by atoms with Crippen molar-refractivity contribution >= 4 is 17.4 Å². The number of rotatable bonds is 5. The average Bonchev–Trinajstić information content (AvgIpc) is 3.16. The van der Waals surface area contributed by atoms with E-state index in [-0.39, 0.29) is 11.4 Å². The molecule has 3 aromatic heterocycles. The molecule has 0 radical (unpaired) electrons. The van der Waals surface area contributed by atoms with Gasteiger partial charge in [0.25, 0.3) is 5.78 Å². The SMILES string of the molecule is CCCCNc1nc2nc(-c3ccco3)nn2c(N)c1C#N. The predicted octanol–water partition coefficient (Wildman–Crippen LogP) is 2.05. The molecule has 112 valence electrons. The summed E-state index contributed by atoms with van der Waals surface area (Å²) in [7, 11) is 0. The van der Waals surface area contributed by atoms with Gasteiger partial charge in [0.15, 0.2) is 17.4 Å². The maximum Gasteiger partial charge on any atom is 0.256 e. The van der Waals surface area contributed by atoms with Crippen molar-refractivity contribution in [2.45, 2.75) is 19.8 Å². The van der Waals surface area contributed by atoms with Gasteiger partial charge in [-0.05, 0) is 18.6 Å². The first kappa shape index (κ1) is 13.9. The van der Waals surface area contributed by atoms with Crippen LogP contribution in [-0.4, -0.2) is 26.1 Å². The number of unbranched alkanes of at least 4 members (excludes halogenated alkanes) is 1. The third kappa shape index (κ3) is 2.33. The Morgan fingerprint density at radius 1 is 1.45 bits per heavy atom. The second-order valence-corrected chi connectivity index (χ2v) is 4.74. The maximum absolute atomic E-state index is 9.32. The van der Waals surface area contributed by atoms with Crippen molar-refractivity contribution in [2.24, 2.45) is 0 Å². The van der Waals surface area contributed by atoms with Crippen LogP contribution in [0.3, 0.4) is 0 Å². The Labute approximate surface area is 126 Å². The molecule has 3 N–H and O–H groups in total. The predicted molar refractivity (Wildman–Crippen MR) is 81.0 cm³/mol. The smallest absolute Gasteiger partial charge is 0.256 e. The molecular formula is C14H15N7O. The van der Waals surface area contributed by atoms with Crippen LogP contribution in [0.5, 0.6) is 0 Å². The van der Waals surface area contributed by atoms with Crippen LogP contribution in [0.15, 0.2) is 22.8 Å². The summed E-state index contributed by atoms with van der Waals surface area (Å²) < 4.78 is 6.62. The molecule has 8 nitrogen and oxygen atoms in total. The number of nitriles is 1. The number of furan rings is 1. The van der Waals surface area contributed by atoms with Gasteiger partial charge in [-0.25, -0.2) is 0 Å². The number of fused-ring (bicyclic) bond motifs is 1. The van der Waals surface area contributed by atoms with Crippen molar-refractivity contribution in [1.82, 2.24) is 19.6 Å². The Bertz CT molecular complexity index is 829. The van der Waals surface area contributed by atoms with Gasteiger partial charge >= 0.3 is 0 Å². The molecule has 3 rings (SSSR count). The summed E-state index contributed by atoms with van der Waals surface area (Å²) in [5, 5.41) is 16.7. The second kappa shape index (κ2) is 5.73. The number of nitrogens with zero attached hydrogens (tertiary/aromatic N) is 5. The van der Waals surface area contributed by atoms with E-state index in [1.807, 2.05) is 0 Å². The fraction of sp³-hybridized carbons (Fsp3) is 0.286. The van der Waals surface area contributed by atoms with Crippen LogP contribution in [-0.2, 0) is 0 Å². The van der Waals surface area contributed by atoms with E-state index in [1.165, 1.54) is 10.8 Å². The Kier molecular flexibility index (Phi) is 3.62. The average molecular weight is 297 g/mol. The summed E-state index contributed by atoms with van der Waals surface area (Å²) >= 11 is 0. The number of nitrogens with two attached hydrogens (primary N) is 1. The number of hydrogen-bond acceptors (Lipinski definition) is 7. The van der Waals surface area contributed by atoms with Crippen molar-refractivity contribution in [3.8, 4) is 17.7 Å². The molecule has 0 aromatic carbocycles. The standard InChI is InChI=1S/C14H15N7O/c1-2-3-6-17-12-9(8-15)11(16)21-14(18-12)19-13(20-21)10-5-4-7-22-10/h4-5,7H,2-3,6,16H2,1H3,(H,17,18,19,20). The van der Waals surface area contributed by atoms with Crippen molar-refractivity contribution in [3.05, 3.63) is 24.0 Å². The number of nitrogen functional groups attached to an aromatic ring is 1.